The lowest BCUT2D eigenvalue weighted by Gasteiger charge is -2.50. The molecule has 3 aliphatic rings. The van der Waals surface area contributed by atoms with Gasteiger partial charge in [0.25, 0.3) is 0 Å². The molecule has 0 amide bonds. The van der Waals surface area contributed by atoms with E-state index in [-0.39, 0.29) is 5.75 Å². The van der Waals surface area contributed by atoms with Gasteiger partial charge in [0.1, 0.15) is 35.6 Å². The molecule has 3 fully saturated rings. The first-order valence-corrected chi connectivity index (χ1v) is 36.4. The van der Waals surface area contributed by atoms with Gasteiger partial charge in [-0.05, 0) is 144 Å². The number of methoxy groups -OCH3 is 3. The number of benzene rings is 6. The Kier molecular flexibility index (Phi) is 32.2. The van der Waals surface area contributed by atoms with E-state index in [9.17, 15) is 48.3 Å². The summed E-state index contributed by atoms with van der Waals surface area (Å²) in [4.78, 5) is 108. The van der Waals surface area contributed by atoms with Crippen molar-refractivity contribution in [2.75, 3.05) is 21.3 Å². The van der Waals surface area contributed by atoms with Crippen molar-refractivity contribution in [3.05, 3.63) is 193 Å². The quantitative estimate of drug-likeness (QED) is 0.0435. The molecule has 6 aromatic carbocycles. The number of hydrogen-bond donors (Lipinski definition) is 1. The van der Waals surface area contributed by atoms with Crippen molar-refractivity contribution in [1.82, 2.24) is 0 Å². The van der Waals surface area contributed by atoms with Crippen LogP contribution in [0.25, 0.3) is 0 Å². The topological polar surface area (TPSA) is 312 Å². The normalized spacial score (nSPS) is 24.1. The van der Waals surface area contributed by atoms with Crippen molar-refractivity contribution in [1.29, 1.82) is 0 Å². The number of hydrogen-bond acceptors (Lipinski definition) is 25. The largest absolute Gasteiger partial charge is 0.508 e. The Balaban J connectivity index is 0.000000228. The Morgan fingerprint density at radius 3 is 1.00 bits per heavy atom. The molecule has 0 spiro atoms. The van der Waals surface area contributed by atoms with Gasteiger partial charge in [-0.3, -0.25) is 43.2 Å². The van der Waals surface area contributed by atoms with Gasteiger partial charge in [-0.2, -0.15) is 0 Å². The lowest BCUT2D eigenvalue weighted by atomic mass is 9.85. The van der Waals surface area contributed by atoms with Crippen molar-refractivity contribution >= 4 is 88.5 Å². The maximum Gasteiger partial charge on any atom is 0.303 e. The molecule has 0 bridgehead atoms. The van der Waals surface area contributed by atoms with E-state index in [0.717, 1.165) is 44.9 Å². The lowest BCUT2D eigenvalue weighted by molar-refractivity contribution is -0.365. The Bertz CT molecular complexity index is 4130. The standard InChI is InChI=1S/C28H33ClO9.C27H31ClO8.C26H29ClO8/c1-7-24-25(35-16(2)30)26(36-17(3)31)27(37-18(4)32)28(34-6,38-24)21-10-13-23(29)20(15-21)14-19-8-11-22(33-5)12-9-19;1-6-23-25(33-15(2)29)27(35-17(4)31)26(34-16(3)30)24(36-23)19-9-12-22(28)20(14-19)13-18-7-10-21(32-5)11-8-18;1-5-22-24(32-14(2)28)26(34-16(4)30)25(33-15(3)29)23(35-22)18-8-11-21(27)19(13-18)12-17-6-9-20(31)10-7-17/h8-13,15,24-27H,7,14H2,1-6H3;7-12,14,23-27H,6,13H2,1-5H3;6-11,13,22-26,31H,5,12H2,1-4H3/t24-,25-,26+,27-,28+;23-,24+,25-,26+,27+;22-,23+,24-,25+,26+/m111/s1. The molecule has 0 aliphatic carbocycles. The molecule has 9 rings (SSSR count). The van der Waals surface area contributed by atoms with Crippen molar-refractivity contribution in [2.24, 2.45) is 0 Å². The van der Waals surface area contributed by atoms with Gasteiger partial charge >= 0.3 is 53.7 Å². The molecule has 3 saturated heterocycles. The fourth-order valence-corrected chi connectivity index (χ4v) is 13.8. The number of rotatable bonds is 24. The molecular formula is C81H93Cl3O25. The smallest absolute Gasteiger partial charge is 0.303 e. The Hall–Kier alpha value is -9.34. The molecular weight excluding hydrogens is 1480 g/mol. The molecule has 0 unspecified atom stereocenters. The second kappa shape index (κ2) is 40.4. The highest BCUT2D eigenvalue weighted by molar-refractivity contribution is 6.32. The summed E-state index contributed by atoms with van der Waals surface area (Å²) in [6.07, 6.45) is -10.5. The molecule has 0 saturated carbocycles. The number of ether oxygens (including phenoxy) is 15. The van der Waals surface area contributed by atoms with Gasteiger partial charge in [-0.1, -0.05) is 122 Å². The summed E-state index contributed by atoms with van der Waals surface area (Å²) < 4.78 is 85.5. The number of esters is 9. The summed E-state index contributed by atoms with van der Waals surface area (Å²) in [6, 6.07) is 38.0. The average molecular weight is 1570 g/mol. The maximum atomic E-state index is 12.3. The van der Waals surface area contributed by atoms with Crippen LogP contribution in [0, 0.1) is 0 Å². The summed E-state index contributed by atoms with van der Waals surface area (Å²) in [6.45, 7) is 16.7. The second-order valence-corrected chi connectivity index (χ2v) is 27.2. The van der Waals surface area contributed by atoms with Crippen LogP contribution in [0.5, 0.6) is 17.2 Å². The number of carbonyl (C=O) groups is 9. The van der Waals surface area contributed by atoms with Gasteiger partial charge in [-0.25, -0.2) is 0 Å². The predicted octanol–water partition coefficient (Wildman–Crippen LogP) is 13.2. The molecule has 0 radical (unpaired) electrons. The van der Waals surface area contributed by atoms with E-state index in [0.29, 0.717) is 70.3 Å². The minimum Gasteiger partial charge on any atom is -0.508 e. The highest BCUT2D eigenvalue weighted by atomic mass is 35.5. The van der Waals surface area contributed by atoms with Crippen LogP contribution in [0.1, 0.15) is 165 Å². The first-order valence-electron chi connectivity index (χ1n) is 35.2. The van der Waals surface area contributed by atoms with Crippen LogP contribution >= 0.6 is 34.8 Å². The summed E-state index contributed by atoms with van der Waals surface area (Å²) in [7, 11) is 4.61. The molecule has 1 N–H and O–H groups in total. The average Bonchev–Trinajstić information content (AvgIpc) is 0.738. The van der Waals surface area contributed by atoms with Crippen LogP contribution in [0.3, 0.4) is 0 Å². The van der Waals surface area contributed by atoms with Gasteiger partial charge in [0, 0.05) is 90.1 Å². The van der Waals surface area contributed by atoms with Crippen molar-refractivity contribution in [3.8, 4) is 17.2 Å². The van der Waals surface area contributed by atoms with E-state index >= 15 is 0 Å². The number of phenols is 1. The summed E-state index contributed by atoms with van der Waals surface area (Å²) in [5.41, 5.74) is 7.15. The van der Waals surface area contributed by atoms with Gasteiger partial charge in [-0.15, -0.1) is 0 Å². The number of phenolic OH excluding ortho intramolecular Hbond substituents is 1. The second-order valence-electron chi connectivity index (χ2n) is 26.0. The Morgan fingerprint density at radius 1 is 0.367 bits per heavy atom. The third-order valence-corrected chi connectivity index (χ3v) is 19.0. The van der Waals surface area contributed by atoms with Crippen LogP contribution < -0.4 is 9.47 Å². The maximum absolute atomic E-state index is 12.3. The minimum atomic E-state index is -1.71. The molecule has 28 heteroatoms. The highest BCUT2D eigenvalue weighted by Gasteiger charge is 2.61. The van der Waals surface area contributed by atoms with Crippen LogP contribution in [0.4, 0.5) is 0 Å². The molecule has 3 aliphatic heterocycles. The van der Waals surface area contributed by atoms with Gasteiger partial charge < -0.3 is 76.2 Å². The van der Waals surface area contributed by atoms with E-state index in [1.165, 1.54) is 69.4 Å². The zero-order valence-electron chi connectivity index (χ0n) is 63.3. The first-order chi connectivity index (χ1) is 51.7. The zero-order chi connectivity index (χ0) is 80.1. The van der Waals surface area contributed by atoms with E-state index in [1.54, 1.807) is 80.9 Å². The van der Waals surface area contributed by atoms with Crippen molar-refractivity contribution in [3.63, 3.8) is 0 Å². The molecule has 588 valence electrons. The summed E-state index contributed by atoms with van der Waals surface area (Å²) >= 11 is 19.6. The summed E-state index contributed by atoms with van der Waals surface area (Å²) in [5, 5.41) is 11.2. The van der Waals surface area contributed by atoms with E-state index < -0.39 is 145 Å². The van der Waals surface area contributed by atoms with E-state index in [2.05, 4.69) is 0 Å². The van der Waals surface area contributed by atoms with Crippen LogP contribution in [0.2, 0.25) is 15.1 Å². The van der Waals surface area contributed by atoms with Crippen LogP contribution in [0.15, 0.2) is 127 Å². The molecule has 109 heavy (non-hydrogen) atoms. The van der Waals surface area contributed by atoms with Crippen molar-refractivity contribution < 1.29 is 119 Å². The fraction of sp³-hybridized carbons (Fsp3) is 0.444. The molecule has 3 heterocycles. The number of carbonyl (C=O) groups excluding carboxylic acids is 9. The third kappa shape index (κ3) is 23.6. The monoisotopic (exact) mass is 1570 g/mol. The Morgan fingerprint density at radius 2 is 0.670 bits per heavy atom. The zero-order valence-corrected chi connectivity index (χ0v) is 65.6. The van der Waals surface area contributed by atoms with E-state index in [4.69, 9.17) is 106 Å². The molecule has 25 nitrogen and oxygen atoms in total. The van der Waals surface area contributed by atoms with Crippen molar-refractivity contribution in [2.45, 2.75) is 213 Å². The highest BCUT2D eigenvalue weighted by Crippen LogP contribution is 2.46. The predicted molar refractivity (Wildman–Crippen MR) is 397 cm³/mol. The van der Waals surface area contributed by atoms with Gasteiger partial charge in [0.15, 0.2) is 48.8 Å². The fourth-order valence-electron chi connectivity index (χ4n) is 13.3. The molecule has 15 atom stereocenters. The lowest BCUT2D eigenvalue weighted by Crippen LogP contribution is -2.66. The first kappa shape index (κ1) is 86.9. The van der Waals surface area contributed by atoms with E-state index in [1.807, 2.05) is 81.4 Å². The van der Waals surface area contributed by atoms with Gasteiger partial charge in [0.2, 0.25) is 11.9 Å². The molecule has 0 aromatic heterocycles. The Labute approximate surface area is 648 Å². The van der Waals surface area contributed by atoms with Gasteiger partial charge in [0.05, 0.1) is 26.4 Å². The van der Waals surface area contributed by atoms with Crippen LogP contribution in [-0.4, -0.2) is 153 Å². The summed E-state index contributed by atoms with van der Waals surface area (Å²) in [5.74, 6) is -5.50. The number of aromatic hydroxyl groups is 1. The van der Waals surface area contributed by atoms with Crippen LogP contribution in [-0.2, 0) is 130 Å². The number of halogens is 3. The minimum absolute atomic E-state index is 0.165. The SMILES string of the molecule is CC[C@H]1O[C@@H](c2ccc(Cl)c(Cc3ccc(O)cc3)c2)[C@H](OC(C)=O)[C@@H](OC(C)=O)[C@@H]1OC(C)=O.CC[C@H]1O[C@@H](c2ccc(Cl)c(Cc3ccc(OC)cc3)c2)[C@H](OC(C)=O)[C@@H](OC(C)=O)[C@@H]1OC(C)=O.CC[C@H]1O[C@@](OC)(c2ccc(Cl)c(Cc3ccc(OC)cc3)c2)[C@H](OC(C)=O)[C@@H](OC(C)=O)[C@@H]1OC(C)=O. The third-order valence-electron chi connectivity index (χ3n) is 17.9. The molecule has 6 aromatic rings.